The lowest BCUT2D eigenvalue weighted by Gasteiger charge is -2.58. The first-order chi connectivity index (χ1) is 16.9. The zero-order valence-corrected chi connectivity index (χ0v) is 20.3. The third-order valence-corrected chi connectivity index (χ3v) is 9.07. The van der Waals surface area contributed by atoms with Crippen LogP contribution in [0.15, 0.2) is 18.5 Å². The first-order valence-corrected chi connectivity index (χ1v) is 12.9. The summed E-state index contributed by atoms with van der Waals surface area (Å²) >= 11 is 0. The smallest absolute Gasteiger partial charge is 0.134 e. The van der Waals surface area contributed by atoms with Gasteiger partial charge in [0.2, 0.25) is 0 Å². The Morgan fingerprint density at radius 1 is 1.11 bits per heavy atom. The fraction of sp³-hybridized carbons (Fsp3) is 0.630. The van der Waals surface area contributed by atoms with Crippen molar-refractivity contribution in [2.24, 2.45) is 23.2 Å². The second-order valence-corrected chi connectivity index (χ2v) is 11.4. The van der Waals surface area contributed by atoms with Crippen molar-refractivity contribution in [1.29, 1.82) is 0 Å². The number of benzene rings is 1. The fourth-order valence-corrected chi connectivity index (χ4v) is 7.76. The van der Waals surface area contributed by atoms with E-state index in [4.69, 9.17) is 4.74 Å². The van der Waals surface area contributed by atoms with E-state index in [0.717, 1.165) is 54.1 Å². The number of nitrogens with zero attached hydrogens (tertiary/aromatic N) is 3. The zero-order chi connectivity index (χ0) is 24.2. The molecule has 4 aliphatic carbocycles. The van der Waals surface area contributed by atoms with Gasteiger partial charge in [0.15, 0.2) is 0 Å². The molecular formula is C27H34F2N4O2. The molecule has 4 fully saturated rings. The quantitative estimate of drug-likeness (QED) is 0.610. The summed E-state index contributed by atoms with van der Waals surface area (Å²) in [6.45, 7) is 1.81. The van der Waals surface area contributed by atoms with Gasteiger partial charge in [0, 0.05) is 49.4 Å². The summed E-state index contributed by atoms with van der Waals surface area (Å²) in [7, 11) is 1.39. The number of fused-ring (bicyclic) bond motifs is 1. The molecule has 4 bridgehead atoms. The molecule has 2 heterocycles. The maximum Gasteiger partial charge on any atom is 0.134 e. The molecule has 188 valence electrons. The molecule has 35 heavy (non-hydrogen) atoms. The minimum Gasteiger partial charge on any atom is -0.497 e. The normalized spacial score (nSPS) is 30.2. The number of aromatic nitrogens is 2. The number of aliphatic hydroxyl groups is 1. The lowest BCUT2D eigenvalue weighted by molar-refractivity contribution is -0.115. The number of anilines is 1. The predicted octanol–water partition coefficient (Wildman–Crippen LogP) is 4.31. The molecule has 2 N–H and O–H groups in total. The summed E-state index contributed by atoms with van der Waals surface area (Å²) in [6.07, 6.45) is 9.43. The van der Waals surface area contributed by atoms with Crippen LogP contribution in [-0.4, -0.2) is 46.3 Å². The van der Waals surface area contributed by atoms with Gasteiger partial charge in [-0.25, -0.2) is 18.7 Å². The molecule has 4 saturated carbocycles. The first kappa shape index (κ1) is 23.1. The Morgan fingerprint density at radius 2 is 1.77 bits per heavy atom. The van der Waals surface area contributed by atoms with Crippen molar-refractivity contribution in [2.75, 3.05) is 25.5 Å². The van der Waals surface area contributed by atoms with Gasteiger partial charge in [-0.2, -0.15) is 0 Å². The van der Waals surface area contributed by atoms with Crippen LogP contribution in [0.25, 0.3) is 0 Å². The zero-order valence-electron chi connectivity index (χ0n) is 20.3. The third-order valence-electron chi connectivity index (χ3n) is 9.07. The number of hydrogen-bond donors (Lipinski definition) is 2. The SMILES string of the molecule is COc1cc(F)c(CN2CCc3c(ncnc3NCC(O)C34CC5CC(CC(C5)C3)C4)C2)c(F)c1. The second-order valence-electron chi connectivity index (χ2n) is 11.4. The molecule has 0 saturated heterocycles. The third kappa shape index (κ3) is 4.29. The van der Waals surface area contributed by atoms with Gasteiger partial charge in [0.05, 0.1) is 18.9 Å². The molecule has 2 aromatic rings. The summed E-state index contributed by atoms with van der Waals surface area (Å²) in [5.74, 6) is 2.15. The highest BCUT2D eigenvalue weighted by atomic mass is 19.1. The summed E-state index contributed by atoms with van der Waals surface area (Å²) < 4.78 is 33.9. The van der Waals surface area contributed by atoms with Crippen molar-refractivity contribution in [1.82, 2.24) is 14.9 Å². The van der Waals surface area contributed by atoms with Crippen LogP contribution < -0.4 is 10.1 Å². The summed E-state index contributed by atoms with van der Waals surface area (Å²) in [4.78, 5) is 10.9. The van der Waals surface area contributed by atoms with E-state index >= 15 is 0 Å². The molecule has 5 aliphatic rings. The molecule has 0 amide bonds. The Morgan fingerprint density at radius 3 is 2.40 bits per heavy atom. The van der Waals surface area contributed by atoms with Crippen molar-refractivity contribution in [3.05, 3.63) is 46.9 Å². The van der Waals surface area contributed by atoms with Crippen LogP contribution in [0.4, 0.5) is 14.6 Å². The van der Waals surface area contributed by atoms with Gasteiger partial charge in [0.1, 0.15) is 29.5 Å². The molecule has 0 spiro atoms. The van der Waals surface area contributed by atoms with Crippen molar-refractivity contribution >= 4 is 5.82 Å². The van der Waals surface area contributed by atoms with Crippen LogP contribution in [0.3, 0.4) is 0 Å². The van der Waals surface area contributed by atoms with E-state index in [-0.39, 0.29) is 29.4 Å². The van der Waals surface area contributed by atoms with Crippen LogP contribution in [-0.2, 0) is 19.5 Å². The summed E-state index contributed by atoms with van der Waals surface area (Å²) in [5.41, 5.74) is 2.02. The highest BCUT2D eigenvalue weighted by Crippen LogP contribution is 2.61. The van der Waals surface area contributed by atoms with Gasteiger partial charge < -0.3 is 15.2 Å². The number of nitrogens with one attached hydrogen (secondary N) is 1. The Bertz CT molecular complexity index is 1050. The molecule has 7 rings (SSSR count). The fourth-order valence-electron chi connectivity index (χ4n) is 7.76. The van der Waals surface area contributed by atoms with Gasteiger partial charge in [-0.3, -0.25) is 4.90 Å². The largest absolute Gasteiger partial charge is 0.497 e. The minimum absolute atomic E-state index is 0.0420. The van der Waals surface area contributed by atoms with Crippen LogP contribution >= 0.6 is 0 Å². The predicted molar refractivity (Wildman–Crippen MR) is 128 cm³/mol. The van der Waals surface area contributed by atoms with Gasteiger partial charge in [-0.05, 0) is 68.1 Å². The Hall–Kier alpha value is -2.32. The highest BCUT2D eigenvalue weighted by molar-refractivity contribution is 5.47. The lowest BCUT2D eigenvalue weighted by atomic mass is 9.48. The average Bonchev–Trinajstić information content (AvgIpc) is 2.83. The van der Waals surface area contributed by atoms with Gasteiger partial charge in [0.25, 0.3) is 0 Å². The molecule has 8 heteroatoms. The maximum absolute atomic E-state index is 14.5. The standard InChI is InChI=1S/C27H34F2N4O2/c1-35-19-7-22(28)21(23(29)8-19)13-33-3-2-20-24(14-33)31-15-32-26(20)30-12-25(34)27-9-16-4-17(10-27)6-18(5-16)11-27/h7-8,15-18,25,34H,2-6,9-14H2,1H3,(H,30,31,32). The van der Waals surface area contributed by atoms with Crippen molar-refractivity contribution < 1.29 is 18.6 Å². The molecule has 6 nitrogen and oxygen atoms in total. The molecule has 1 atom stereocenters. The van der Waals surface area contributed by atoms with E-state index in [2.05, 4.69) is 15.3 Å². The van der Waals surface area contributed by atoms with E-state index in [0.29, 0.717) is 26.1 Å². The summed E-state index contributed by atoms with van der Waals surface area (Å²) in [5, 5.41) is 14.7. The molecule has 1 aromatic carbocycles. The Labute approximate surface area is 205 Å². The molecule has 0 radical (unpaired) electrons. The van der Waals surface area contributed by atoms with E-state index in [9.17, 15) is 13.9 Å². The number of halogens is 2. The molecular weight excluding hydrogens is 450 g/mol. The summed E-state index contributed by atoms with van der Waals surface area (Å²) in [6, 6.07) is 2.44. The van der Waals surface area contributed by atoms with E-state index in [1.807, 2.05) is 4.90 Å². The van der Waals surface area contributed by atoms with Gasteiger partial charge in [-0.15, -0.1) is 0 Å². The van der Waals surface area contributed by atoms with E-state index < -0.39 is 11.6 Å². The molecule has 1 aliphatic heterocycles. The maximum atomic E-state index is 14.5. The highest BCUT2D eigenvalue weighted by Gasteiger charge is 2.53. The van der Waals surface area contributed by atoms with Crippen molar-refractivity contribution in [2.45, 2.75) is 64.1 Å². The number of methoxy groups -OCH3 is 1. The number of rotatable bonds is 7. The number of hydrogen-bond acceptors (Lipinski definition) is 6. The number of aliphatic hydroxyl groups excluding tert-OH is 1. The first-order valence-electron chi connectivity index (χ1n) is 12.9. The second kappa shape index (κ2) is 8.96. The van der Waals surface area contributed by atoms with Crippen molar-refractivity contribution in [3.8, 4) is 5.75 Å². The van der Waals surface area contributed by atoms with Crippen molar-refractivity contribution in [3.63, 3.8) is 0 Å². The Kier molecular flexibility index (Phi) is 5.92. The topological polar surface area (TPSA) is 70.5 Å². The molecule has 1 aromatic heterocycles. The van der Waals surface area contributed by atoms with Crippen LogP contribution in [0.2, 0.25) is 0 Å². The monoisotopic (exact) mass is 484 g/mol. The van der Waals surface area contributed by atoms with E-state index in [1.54, 1.807) is 0 Å². The Balaban J connectivity index is 1.12. The average molecular weight is 485 g/mol. The van der Waals surface area contributed by atoms with Gasteiger partial charge >= 0.3 is 0 Å². The van der Waals surface area contributed by atoms with Crippen LogP contribution in [0.1, 0.15) is 55.3 Å². The van der Waals surface area contributed by atoms with E-state index in [1.165, 1.54) is 44.8 Å². The van der Waals surface area contributed by atoms with Crippen LogP contribution in [0, 0.1) is 34.8 Å². The lowest BCUT2D eigenvalue weighted by Crippen LogP contribution is -2.53. The molecule has 1 unspecified atom stereocenters. The van der Waals surface area contributed by atoms with Crippen LogP contribution in [0.5, 0.6) is 5.75 Å². The van der Waals surface area contributed by atoms with Gasteiger partial charge in [-0.1, -0.05) is 0 Å². The number of ether oxygens (including phenoxy) is 1. The minimum atomic E-state index is -0.601.